The van der Waals surface area contributed by atoms with Crippen LogP contribution in [-0.4, -0.2) is 11.0 Å². The van der Waals surface area contributed by atoms with Crippen LogP contribution in [0.15, 0.2) is 17.5 Å². The molecule has 1 aliphatic carbocycles. The van der Waals surface area contributed by atoms with Gasteiger partial charge in [-0.15, -0.1) is 11.3 Å². The molecule has 1 fully saturated rings. The van der Waals surface area contributed by atoms with Crippen LogP contribution in [0.4, 0.5) is 13.2 Å². The van der Waals surface area contributed by atoms with Crippen LogP contribution in [-0.2, 0) is 6.54 Å². The quantitative estimate of drug-likeness (QED) is 0.929. The number of hydrogen-bond acceptors (Lipinski definition) is 3. The van der Waals surface area contributed by atoms with Crippen LogP contribution in [0.1, 0.15) is 18.5 Å². The Balaban J connectivity index is 1.85. The van der Waals surface area contributed by atoms with E-state index < -0.39 is 17.5 Å². The molecule has 1 aromatic heterocycles. The van der Waals surface area contributed by atoms with Gasteiger partial charge in [-0.2, -0.15) is 0 Å². The Hall–Kier alpha value is -1.40. The summed E-state index contributed by atoms with van der Waals surface area (Å²) in [4.78, 5) is 4.19. The van der Waals surface area contributed by atoms with E-state index >= 15 is 0 Å². The largest absolute Gasteiger partial charge is 0.308 e. The average molecular weight is 284 g/mol. The maximum Gasteiger partial charge on any atom is 0.139 e. The van der Waals surface area contributed by atoms with Gasteiger partial charge in [0.25, 0.3) is 0 Å². The highest BCUT2D eigenvalue weighted by Crippen LogP contribution is 2.30. The Kier molecular flexibility index (Phi) is 3.28. The van der Waals surface area contributed by atoms with E-state index in [2.05, 4.69) is 10.3 Å². The van der Waals surface area contributed by atoms with Gasteiger partial charge in [-0.3, -0.25) is 0 Å². The fraction of sp³-hybridized carbons (Fsp3) is 0.308. The van der Waals surface area contributed by atoms with Crippen LogP contribution in [0.5, 0.6) is 0 Å². The molecule has 0 spiro atoms. The van der Waals surface area contributed by atoms with Crippen LogP contribution in [0.2, 0.25) is 0 Å². The third kappa shape index (κ3) is 2.79. The minimum Gasteiger partial charge on any atom is -0.308 e. The van der Waals surface area contributed by atoms with Gasteiger partial charge in [-0.1, -0.05) is 0 Å². The van der Waals surface area contributed by atoms with Crippen molar-refractivity contribution in [1.29, 1.82) is 0 Å². The van der Waals surface area contributed by atoms with Crippen LogP contribution < -0.4 is 5.32 Å². The lowest BCUT2D eigenvalue weighted by atomic mass is 10.2. The van der Waals surface area contributed by atoms with Crippen molar-refractivity contribution in [1.82, 2.24) is 10.3 Å². The van der Waals surface area contributed by atoms with Crippen molar-refractivity contribution >= 4 is 11.3 Å². The molecule has 0 aliphatic heterocycles. The molecule has 0 saturated heterocycles. The van der Waals surface area contributed by atoms with E-state index in [-0.39, 0.29) is 10.6 Å². The molecule has 100 valence electrons. The SMILES string of the molecule is Fc1cc(F)c(-c2nc(CNC3CC3)cs2)c(F)c1. The fourth-order valence-electron chi connectivity index (χ4n) is 1.79. The first-order valence-corrected chi connectivity index (χ1v) is 6.84. The zero-order valence-electron chi connectivity index (χ0n) is 9.92. The fourth-order valence-corrected chi connectivity index (χ4v) is 2.65. The van der Waals surface area contributed by atoms with E-state index in [9.17, 15) is 13.2 Å². The Bertz CT molecular complexity index is 585. The number of aromatic nitrogens is 1. The number of nitrogens with one attached hydrogen (secondary N) is 1. The highest BCUT2D eigenvalue weighted by atomic mass is 32.1. The van der Waals surface area contributed by atoms with Crippen molar-refractivity contribution in [3.63, 3.8) is 0 Å². The Morgan fingerprint density at radius 2 is 1.89 bits per heavy atom. The van der Waals surface area contributed by atoms with Gasteiger partial charge in [0.1, 0.15) is 22.5 Å². The molecule has 1 N–H and O–H groups in total. The standard InChI is InChI=1S/C13H11F3N2S/c14-7-3-10(15)12(11(16)4-7)13-18-9(6-19-13)5-17-8-1-2-8/h3-4,6,8,17H,1-2,5H2. The molecular weight excluding hydrogens is 273 g/mol. The first-order chi connectivity index (χ1) is 9.13. The number of nitrogens with zero attached hydrogens (tertiary/aromatic N) is 1. The molecule has 1 saturated carbocycles. The molecular formula is C13H11F3N2S. The molecule has 1 aliphatic rings. The summed E-state index contributed by atoms with van der Waals surface area (Å²) >= 11 is 1.16. The first kappa shape index (κ1) is 12.6. The Morgan fingerprint density at radius 3 is 2.53 bits per heavy atom. The summed E-state index contributed by atoms with van der Waals surface area (Å²) in [5, 5.41) is 5.27. The summed E-state index contributed by atoms with van der Waals surface area (Å²) in [6.07, 6.45) is 2.33. The van der Waals surface area contributed by atoms with Crippen molar-refractivity contribution in [3.8, 4) is 10.6 Å². The third-order valence-corrected chi connectivity index (χ3v) is 3.83. The minimum atomic E-state index is -0.925. The second-order valence-corrected chi connectivity index (χ2v) is 5.40. The van der Waals surface area contributed by atoms with Crippen LogP contribution in [0.3, 0.4) is 0 Å². The summed E-state index contributed by atoms with van der Waals surface area (Å²) in [6.45, 7) is 0.589. The maximum atomic E-state index is 13.6. The van der Waals surface area contributed by atoms with E-state index in [0.29, 0.717) is 24.7 Å². The zero-order chi connectivity index (χ0) is 13.4. The highest BCUT2D eigenvalue weighted by molar-refractivity contribution is 7.13. The summed E-state index contributed by atoms with van der Waals surface area (Å²) in [7, 11) is 0. The molecule has 1 heterocycles. The van der Waals surface area contributed by atoms with Crippen LogP contribution >= 0.6 is 11.3 Å². The Morgan fingerprint density at radius 1 is 1.21 bits per heavy atom. The average Bonchev–Trinajstić information content (AvgIpc) is 3.05. The van der Waals surface area contributed by atoms with Crippen LogP contribution in [0, 0.1) is 17.5 Å². The molecule has 0 radical (unpaired) electrons. The first-order valence-electron chi connectivity index (χ1n) is 5.96. The number of halogens is 3. The van der Waals surface area contributed by atoms with Gasteiger partial charge in [0.05, 0.1) is 11.3 Å². The van der Waals surface area contributed by atoms with Gasteiger partial charge in [-0.05, 0) is 12.8 Å². The summed E-state index contributed by atoms with van der Waals surface area (Å²) in [5.74, 6) is -2.77. The molecule has 1 aromatic carbocycles. The molecule has 19 heavy (non-hydrogen) atoms. The van der Waals surface area contributed by atoms with Gasteiger partial charge in [-0.25, -0.2) is 18.2 Å². The number of hydrogen-bond donors (Lipinski definition) is 1. The molecule has 3 rings (SSSR count). The molecule has 0 bridgehead atoms. The van der Waals surface area contributed by atoms with Gasteiger partial charge in [0.15, 0.2) is 0 Å². The van der Waals surface area contributed by atoms with Crippen LogP contribution in [0.25, 0.3) is 10.6 Å². The number of thiazole rings is 1. The Labute approximate surface area is 112 Å². The molecule has 6 heteroatoms. The predicted octanol–water partition coefficient (Wildman–Crippen LogP) is 3.48. The summed E-state index contributed by atoms with van der Waals surface area (Å²) in [6, 6.07) is 1.88. The van der Waals surface area contributed by atoms with E-state index in [1.807, 2.05) is 0 Å². The van der Waals surface area contributed by atoms with Gasteiger partial charge >= 0.3 is 0 Å². The summed E-state index contributed by atoms with van der Waals surface area (Å²) in [5.41, 5.74) is 0.485. The third-order valence-electron chi connectivity index (χ3n) is 2.92. The van der Waals surface area contributed by atoms with Crippen molar-refractivity contribution < 1.29 is 13.2 Å². The molecule has 2 nitrogen and oxygen atoms in total. The normalized spacial score (nSPS) is 14.9. The topological polar surface area (TPSA) is 24.9 Å². The monoisotopic (exact) mass is 284 g/mol. The summed E-state index contributed by atoms with van der Waals surface area (Å²) < 4.78 is 40.0. The lowest BCUT2D eigenvalue weighted by Gasteiger charge is -2.02. The second-order valence-electron chi connectivity index (χ2n) is 4.54. The minimum absolute atomic E-state index is 0.239. The maximum absolute atomic E-state index is 13.6. The van der Waals surface area contributed by atoms with E-state index in [4.69, 9.17) is 0 Å². The lowest BCUT2D eigenvalue weighted by molar-refractivity contribution is 0.548. The van der Waals surface area contributed by atoms with Crippen molar-refractivity contribution in [2.75, 3.05) is 0 Å². The number of rotatable bonds is 4. The van der Waals surface area contributed by atoms with E-state index in [1.165, 1.54) is 0 Å². The molecule has 0 atom stereocenters. The molecule has 0 unspecified atom stereocenters. The van der Waals surface area contributed by atoms with Crippen molar-refractivity contribution in [3.05, 3.63) is 40.7 Å². The molecule has 0 amide bonds. The number of benzene rings is 1. The van der Waals surface area contributed by atoms with Crippen molar-refractivity contribution in [2.45, 2.75) is 25.4 Å². The van der Waals surface area contributed by atoms with Crippen molar-refractivity contribution in [2.24, 2.45) is 0 Å². The van der Waals surface area contributed by atoms with Gasteiger partial charge in [0, 0.05) is 30.1 Å². The second kappa shape index (κ2) is 4.94. The lowest BCUT2D eigenvalue weighted by Crippen LogP contribution is -2.15. The van der Waals surface area contributed by atoms with E-state index in [1.54, 1.807) is 5.38 Å². The molecule has 2 aromatic rings. The van der Waals surface area contributed by atoms with Gasteiger partial charge < -0.3 is 5.32 Å². The van der Waals surface area contributed by atoms with Gasteiger partial charge in [0.2, 0.25) is 0 Å². The smallest absolute Gasteiger partial charge is 0.139 e. The zero-order valence-corrected chi connectivity index (χ0v) is 10.7. The van der Waals surface area contributed by atoms with E-state index in [0.717, 1.165) is 29.9 Å². The highest BCUT2D eigenvalue weighted by Gasteiger charge is 2.21. The predicted molar refractivity (Wildman–Crippen MR) is 67.3 cm³/mol.